The highest BCUT2D eigenvalue weighted by Gasteiger charge is 2.27. The number of benzene rings is 1. The van der Waals surface area contributed by atoms with E-state index in [4.69, 9.17) is 11.6 Å². The first-order valence-electron chi connectivity index (χ1n) is 8.40. The van der Waals surface area contributed by atoms with Gasteiger partial charge in [0.25, 0.3) is 0 Å². The number of halogens is 2. The second kappa shape index (κ2) is 7.14. The normalized spacial score (nSPS) is 18.3. The van der Waals surface area contributed by atoms with E-state index in [-0.39, 0.29) is 11.1 Å². The fourth-order valence-corrected chi connectivity index (χ4v) is 3.40. The third kappa shape index (κ3) is 3.35. The number of piperazine rings is 1. The first-order chi connectivity index (χ1) is 12.6. The van der Waals surface area contributed by atoms with Gasteiger partial charge in [-0.1, -0.05) is 16.8 Å². The second-order valence-electron chi connectivity index (χ2n) is 6.34. The number of hydrogen-bond acceptors (Lipinski definition) is 5. The minimum absolute atomic E-state index is 0.0662. The molecule has 1 N–H and O–H groups in total. The lowest BCUT2D eigenvalue weighted by molar-refractivity contribution is 0.143. The van der Waals surface area contributed by atoms with Gasteiger partial charge in [-0.05, 0) is 18.2 Å². The summed E-state index contributed by atoms with van der Waals surface area (Å²) in [6.07, 6.45) is 5.62. The Hall–Kier alpha value is -2.29. The number of nitrogens with one attached hydrogen (secondary N) is 1. The predicted octanol–water partition coefficient (Wildman–Crippen LogP) is 1.94. The highest BCUT2D eigenvalue weighted by molar-refractivity contribution is 6.30. The molecule has 3 aromatic rings. The molecule has 136 valence electrons. The summed E-state index contributed by atoms with van der Waals surface area (Å²) < 4.78 is 17.0. The molecular weight excluding hydrogens is 357 g/mol. The first kappa shape index (κ1) is 17.1. The van der Waals surface area contributed by atoms with E-state index in [1.54, 1.807) is 10.7 Å². The molecule has 1 unspecified atom stereocenters. The molecule has 1 aliphatic rings. The maximum Gasteiger partial charge on any atom is 0.141 e. The van der Waals surface area contributed by atoms with Gasteiger partial charge in [0.2, 0.25) is 0 Å². The lowest BCUT2D eigenvalue weighted by Gasteiger charge is -2.35. The molecule has 2 aromatic heterocycles. The zero-order valence-corrected chi connectivity index (χ0v) is 15.1. The van der Waals surface area contributed by atoms with Crippen molar-refractivity contribution in [3.8, 4) is 5.69 Å². The molecule has 1 atom stereocenters. The van der Waals surface area contributed by atoms with Crippen LogP contribution in [0.1, 0.15) is 17.6 Å². The van der Waals surface area contributed by atoms with Gasteiger partial charge in [0.05, 0.1) is 28.6 Å². The van der Waals surface area contributed by atoms with Crippen LogP contribution >= 0.6 is 11.6 Å². The van der Waals surface area contributed by atoms with Gasteiger partial charge < -0.3 is 9.88 Å². The lowest BCUT2D eigenvalue weighted by Crippen LogP contribution is -2.46. The predicted molar refractivity (Wildman–Crippen MR) is 95.6 cm³/mol. The topological polar surface area (TPSA) is 63.8 Å². The van der Waals surface area contributed by atoms with Crippen molar-refractivity contribution in [2.45, 2.75) is 12.6 Å². The fraction of sp³-hybridized carbons (Fsp3) is 0.353. The molecule has 3 heterocycles. The van der Waals surface area contributed by atoms with Gasteiger partial charge in [0.1, 0.15) is 11.6 Å². The van der Waals surface area contributed by atoms with Crippen LogP contribution in [0.2, 0.25) is 5.02 Å². The van der Waals surface area contributed by atoms with Crippen molar-refractivity contribution in [1.29, 1.82) is 0 Å². The van der Waals surface area contributed by atoms with Gasteiger partial charge in [-0.25, -0.2) is 14.1 Å². The number of imidazole rings is 1. The minimum Gasteiger partial charge on any atom is -0.337 e. The Morgan fingerprint density at radius 1 is 1.38 bits per heavy atom. The van der Waals surface area contributed by atoms with Crippen molar-refractivity contribution in [3.05, 3.63) is 59.1 Å². The summed E-state index contributed by atoms with van der Waals surface area (Å²) >= 11 is 5.86. The van der Waals surface area contributed by atoms with Crippen molar-refractivity contribution in [2.24, 2.45) is 7.05 Å². The SMILES string of the molecule is Cn1ccnc1C1CNCCN1Cc1cn(-c2ccc(F)c(Cl)c2)nn1. The van der Waals surface area contributed by atoms with Crippen LogP contribution in [0.15, 0.2) is 36.8 Å². The van der Waals surface area contributed by atoms with Crippen LogP contribution in [-0.4, -0.2) is 49.1 Å². The summed E-state index contributed by atoms with van der Waals surface area (Å²) in [7, 11) is 2.00. The lowest BCUT2D eigenvalue weighted by atomic mass is 10.1. The molecule has 1 fully saturated rings. The summed E-state index contributed by atoms with van der Waals surface area (Å²) in [5, 5.41) is 11.9. The van der Waals surface area contributed by atoms with Crippen LogP contribution in [0.3, 0.4) is 0 Å². The van der Waals surface area contributed by atoms with Crippen molar-refractivity contribution in [1.82, 2.24) is 34.8 Å². The Kier molecular flexibility index (Phi) is 4.71. The van der Waals surface area contributed by atoms with E-state index in [1.807, 2.05) is 30.2 Å². The molecule has 0 radical (unpaired) electrons. The largest absolute Gasteiger partial charge is 0.337 e. The summed E-state index contributed by atoms with van der Waals surface area (Å²) in [5.41, 5.74) is 1.52. The van der Waals surface area contributed by atoms with E-state index in [1.165, 1.54) is 12.1 Å². The average Bonchev–Trinajstić information content (AvgIpc) is 3.27. The molecule has 0 bridgehead atoms. The summed E-state index contributed by atoms with van der Waals surface area (Å²) in [5.74, 6) is 0.574. The van der Waals surface area contributed by atoms with Crippen LogP contribution in [0.5, 0.6) is 0 Å². The highest BCUT2D eigenvalue weighted by atomic mass is 35.5. The number of nitrogens with zero attached hydrogens (tertiary/aromatic N) is 6. The van der Waals surface area contributed by atoms with Crippen molar-refractivity contribution in [2.75, 3.05) is 19.6 Å². The molecule has 4 rings (SSSR count). The zero-order chi connectivity index (χ0) is 18.1. The molecule has 9 heteroatoms. The molecule has 0 spiro atoms. The highest BCUT2D eigenvalue weighted by Crippen LogP contribution is 2.23. The Bertz CT molecular complexity index is 906. The summed E-state index contributed by atoms with van der Waals surface area (Å²) in [6.45, 7) is 3.32. The van der Waals surface area contributed by atoms with Gasteiger partial charge in [-0.2, -0.15) is 0 Å². The molecular formula is C17H19ClFN7. The Morgan fingerprint density at radius 2 is 2.27 bits per heavy atom. The molecule has 7 nitrogen and oxygen atoms in total. The van der Waals surface area contributed by atoms with Crippen molar-refractivity contribution >= 4 is 11.6 Å². The monoisotopic (exact) mass is 375 g/mol. The first-order valence-corrected chi connectivity index (χ1v) is 8.78. The van der Waals surface area contributed by atoms with Crippen molar-refractivity contribution in [3.63, 3.8) is 0 Å². The molecule has 0 amide bonds. The van der Waals surface area contributed by atoms with E-state index in [9.17, 15) is 4.39 Å². The van der Waals surface area contributed by atoms with Crippen LogP contribution < -0.4 is 5.32 Å². The summed E-state index contributed by atoms with van der Waals surface area (Å²) in [6, 6.07) is 4.67. The van der Waals surface area contributed by atoms with E-state index in [0.29, 0.717) is 12.2 Å². The summed E-state index contributed by atoms with van der Waals surface area (Å²) in [4.78, 5) is 6.83. The van der Waals surface area contributed by atoms with Crippen LogP contribution in [-0.2, 0) is 13.6 Å². The molecule has 0 saturated carbocycles. The van der Waals surface area contributed by atoms with Gasteiger partial charge in [0.15, 0.2) is 0 Å². The zero-order valence-electron chi connectivity index (χ0n) is 14.3. The van der Waals surface area contributed by atoms with Gasteiger partial charge in [-0.3, -0.25) is 4.90 Å². The van der Waals surface area contributed by atoms with E-state index < -0.39 is 5.82 Å². The number of aryl methyl sites for hydroxylation is 1. The standard InChI is InChI=1S/C17H19ClFN7/c1-24-6-5-21-17(24)16-9-20-4-7-25(16)10-12-11-26(23-22-12)13-2-3-15(19)14(18)8-13/h2-3,5-6,8,11,16,20H,4,7,9-10H2,1H3. The molecule has 26 heavy (non-hydrogen) atoms. The van der Waals surface area contributed by atoms with E-state index in [2.05, 4.69) is 25.5 Å². The number of hydrogen-bond donors (Lipinski definition) is 1. The smallest absolute Gasteiger partial charge is 0.141 e. The van der Waals surface area contributed by atoms with Gasteiger partial charge in [-0.15, -0.1) is 5.10 Å². The van der Waals surface area contributed by atoms with Gasteiger partial charge >= 0.3 is 0 Å². The molecule has 1 aromatic carbocycles. The molecule has 1 saturated heterocycles. The van der Waals surface area contributed by atoms with Crippen LogP contribution in [0.4, 0.5) is 4.39 Å². The minimum atomic E-state index is -0.450. The quantitative estimate of drug-likeness (QED) is 0.755. The Morgan fingerprint density at radius 3 is 3.04 bits per heavy atom. The van der Waals surface area contributed by atoms with Crippen molar-refractivity contribution < 1.29 is 4.39 Å². The van der Waals surface area contributed by atoms with Gasteiger partial charge in [0, 0.05) is 45.6 Å². The number of aromatic nitrogens is 5. The maximum atomic E-state index is 13.3. The van der Waals surface area contributed by atoms with Crippen LogP contribution in [0.25, 0.3) is 5.69 Å². The second-order valence-corrected chi connectivity index (χ2v) is 6.75. The molecule has 1 aliphatic heterocycles. The maximum absolute atomic E-state index is 13.3. The third-order valence-electron chi connectivity index (χ3n) is 4.58. The van der Waals surface area contributed by atoms with Crippen LogP contribution in [0, 0.1) is 5.82 Å². The Balaban J connectivity index is 1.54. The fourth-order valence-electron chi connectivity index (χ4n) is 3.22. The average molecular weight is 376 g/mol. The Labute approximate surface area is 155 Å². The van der Waals surface area contributed by atoms with E-state index in [0.717, 1.165) is 31.2 Å². The third-order valence-corrected chi connectivity index (χ3v) is 4.87. The number of rotatable bonds is 4. The van der Waals surface area contributed by atoms with E-state index >= 15 is 0 Å². The molecule has 0 aliphatic carbocycles.